The third kappa shape index (κ3) is 8.07. The molecule has 5 N–H and O–H groups in total. The maximum Gasteiger partial charge on any atom is 0.315 e. The highest BCUT2D eigenvalue weighted by Crippen LogP contribution is 2.38. The van der Waals surface area contributed by atoms with Crippen LogP contribution < -0.4 is 21.7 Å². The second kappa shape index (κ2) is 12.5. The summed E-state index contributed by atoms with van der Waals surface area (Å²) in [5.74, 6) is -2.20. The van der Waals surface area contributed by atoms with Gasteiger partial charge >= 0.3 is 6.03 Å². The smallest absolute Gasteiger partial charge is 0.315 e. The first-order valence-electron chi connectivity index (χ1n) is 15.4. The molecule has 41 heavy (non-hydrogen) atoms. The number of hydrogen-bond donors (Lipinski definition) is 4. The molecule has 5 amide bonds. The van der Waals surface area contributed by atoms with Crippen molar-refractivity contribution in [2.24, 2.45) is 23.0 Å². The predicted octanol–water partition coefficient (Wildman–Crippen LogP) is 2.10. The van der Waals surface area contributed by atoms with Gasteiger partial charge in [-0.3, -0.25) is 24.0 Å². The van der Waals surface area contributed by atoms with Gasteiger partial charge in [0.25, 0.3) is 5.91 Å². The van der Waals surface area contributed by atoms with E-state index in [1.54, 1.807) is 0 Å². The van der Waals surface area contributed by atoms with E-state index in [2.05, 4.69) is 16.0 Å². The third-order valence-electron chi connectivity index (χ3n) is 9.10. The van der Waals surface area contributed by atoms with Crippen LogP contribution in [0.5, 0.6) is 0 Å². The maximum absolute atomic E-state index is 13.9. The molecule has 228 valence electrons. The Morgan fingerprint density at radius 1 is 0.902 bits per heavy atom. The summed E-state index contributed by atoms with van der Waals surface area (Å²) in [6.07, 6.45) is 9.78. The average molecular weight is 574 g/mol. The Balaban J connectivity index is 1.44. The number of rotatable bonds is 12. The van der Waals surface area contributed by atoms with Crippen molar-refractivity contribution in [3.05, 3.63) is 0 Å². The lowest BCUT2D eigenvalue weighted by Gasteiger charge is -2.40. The van der Waals surface area contributed by atoms with Crippen LogP contribution in [0.1, 0.15) is 104 Å². The minimum absolute atomic E-state index is 0.114. The van der Waals surface area contributed by atoms with Crippen LogP contribution in [0.4, 0.5) is 4.79 Å². The van der Waals surface area contributed by atoms with E-state index in [0.717, 1.165) is 57.8 Å². The number of carbonyl (C=O) groups excluding carboxylic acids is 6. The summed E-state index contributed by atoms with van der Waals surface area (Å²) in [6, 6.07) is -3.23. The first-order chi connectivity index (χ1) is 19.3. The Morgan fingerprint density at radius 3 is 2.12 bits per heavy atom. The van der Waals surface area contributed by atoms with Gasteiger partial charge in [-0.25, -0.2) is 4.79 Å². The Hall–Kier alpha value is -2.98. The van der Waals surface area contributed by atoms with E-state index in [4.69, 9.17) is 5.73 Å². The SMILES string of the molecule is CC(C)(C)C(NC(=O)NC1(CC(=O)C2CC2)CCCCC1)C(=O)N1CCC[C@H]1C(=O)NC(CC1CC1)C(=O)C(N)=O. The van der Waals surface area contributed by atoms with Crippen LogP contribution in [0.25, 0.3) is 0 Å². The van der Waals surface area contributed by atoms with Crippen LogP contribution in [-0.4, -0.2) is 70.4 Å². The van der Waals surface area contributed by atoms with Crippen molar-refractivity contribution < 1.29 is 28.8 Å². The molecule has 0 aromatic heterocycles. The molecular weight excluding hydrogens is 526 g/mol. The van der Waals surface area contributed by atoms with Crippen molar-refractivity contribution >= 4 is 35.3 Å². The van der Waals surface area contributed by atoms with Gasteiger partial charge in [0, 0.05) is 24.4 Å². The van der Waals surface area contributed by atoms with Crippen LogP contribution in [0.15, 0.2) is 0 Å². The number of urea groups is 1. The minimum Gasteiger partial charge on any atom is -0.363 e. The zero-order valence-electron chi connectivity index (χ0n) is 24.8. The number of Topliss-reactive ketones (excluding diaryl/α,β-unsaturated/α-hetero) is 2. The fourth-order valence-corrected chi connectivity index (χ4v) is 6.34. The quantitative estimate of drug-likeness (QED) is 0.261. The molecule has 3 saturated carbocycles. The zero-order valence-corrected chi connectivity index (χ0v) is 24.8. The lowest BCUT2D eigenvalue weighted by atomic mass is 9.77. The van der Waals surface area contributed by atoms with Crippen LogP contribution >= 0.6 is 0 Å². The Morgan fingerprint density at radius 2 is 1.56 bits per heavy atom. The van der Waals surface area contributed by atoms with E-state index >= 15 is 0 Å². The number of hydrogen-bond acceptors (Lipinski definition) is 6. The standard InChI is InChI=1S/C30H47N5O6/c1-29(2,3)24(33-28(41)34-30(13-5-4-6-14-30)17-22(36)19-11-12-19)27(40)35-15-7-8-21(35)26(39)32-20(16-18-9-10-18)23(37)25(31)38/h18-21,24H,4-17H2,1-3H3,(H2,31,38)(H,32,39)(H2,33,34,41)/t20?,21-,24?/m0/s1. The topological polar surface area (TPSA) is 168 Å². The van der Waals surface area contributed by atoms with Gasteiger partial charge in [-0.2, -0.15) is 0 Å². The summed E-state index contributed by atoms with van der Waals surface area (Å²) in [5.41, 5.74) is 3.95. The van der Waals surface area contributed by atoms with Crippen LogP contribution in [0.2, 0.25) is 0 Å². The normalized spacial score (nSPS) is 23.7. The number of ketones is 2. The molecule has 0 aromatic carbocycles. The number of primary amides is 1. The highest BCUT2D eigenvalue weighted by molar-refractivity contribution is 6.37. The van der Waals surface area contributed by atoms with E-state index in [9.17, 15) is 28.8 Å². The van der Waals surface area contributed by atoms with Gasteiger partial charge in [0.05, 0.1) is 6.04 Å². The first kappa shape index (κ1) is 31.0. The molecule has 0 bridgehead atoms. The van der Waals surface area contributed by atoms with Gasteiger partial charge in [-0.15, -0.1) is 0 Å². The lowest BCUT2D eigenvalue weighted by molar-refractivity contribution is -0.143. The molecule has 0 aromatic rings. The summed E-state index contributed by atoms with van der Waals surface area (Å²) < 4.78 is 0. The number of nitrogens with one attached hydrogen (secondary N) is 3. The van der Waals surface area contributed by atoms with Crippen LogP contribution in [-0.2, 0) is 24.0 Å². The lowest BCUT2D eigenvalue weighted by Crippen LogP contribution is -2.62. The van der Waals surface area contributed by atoms with E-state index in [-0.39, 0.29) is 23.5 Å². The predicted molar refractivity (Wildman–Crippen MR) is 151 cm³/mol. The van der Waals surface area contributed by atoms with Gasteiger partial charge in [-0.1, -0.05) is 52.9 Å². The fraction of sp³-hybridized carbons (Fsp3) is 0.800. The molecule has 11 nitrogen and oxygen atoms in total. The number of nitrogens with zero attached hydrogens (tertiary/aromatic N) is 1. The number of amides is 5. The van der Waals surface area contributed by atoms with Gasteiger partial charge in [0.1, 0.15) is 17.9 Å². The second-order valence-corrected chi connectivity index (χ2v) is 13.8. The van der Waals surface area contributed by atoms with Gasteiger partial charge < -0.3 is 26.6 Å². The van der Waals surface area contributed by atoms with Crippen molar-refractivity contribution in [2.45, 2.75) is 128 Å². The van der Waals surface area contributed by atoms with Crippen LogP contribution in [0.3, 0.4) is 0 Å². The second-order valence-electron chi connectivity index (χ2n) is 13.8. The average Bonchev–Trinajstić information content (AvgIpc) is 3.84. The molecule has 11 heteroatoms. The van der Waals surface area contributed by atoms with E-state index in [1.165, 1.54) is 4.90 Å². The third-order valence-corrected chi connectivity index (χ3v) is 9.10. The first-order valence-corrected chi connectivity index (χ1v) is 15.4. The molecule has 1 aliphatic heterocycles. The highest BCUT2D eigenvalue weighted by atomic mass is 16.2. The van der Waals surface area contributed by atoms with Crippen molar-refractivity contribution in [1.82, 2.24) is 20.9 Å². The van der Waals surface area contributed by atoms with Gasteiger partial charge in [0.2, 0.25) is 17.6 Å². The van der Waals surface area contributed by atoms with Crippen molar-refractivity contribution in [1.29, 1.82) is 0 Å². The Kier molecular flexibility index (Phi) is 9.43. The number of nitrogens with two attached hydrogens (primary N) is 1. The Labute approximate surface area is 242 Å². The van der Waals surface area contributed by atoms with E-state index < -0.39 is 52.7 Å². The molecule has 0 radical (unpaired) electrons. The molecule has 4 rings (SSSR count). The molecule has 4 aliphatic rings. The molecule has 2 unspecified atom stereocenters. The van der Waals surface area contributed by atoms with Crippen LogP contribution in [0, 0.1) is 17.3 Å². The summed E-state index contributed by atoms with van der Waals surface area (Å²) in [6.45, 7) is 5.89. The molecular formula is C30H47N5O6. The largest absolute Gasteiger partial charge is 0.363 e. The Bertz CT molecular complexity index is 1050. The number of carbonyl (C=O) groups is 6. The summed E-state index contributed by atoms with van der Waals surface area (Å²) in [4.78, 5) is 78.8. The summed E-state index contributed by atoms with van der Waals surface area (Å²) in [7, 11) is 0. The molecule has 4 fully saturated rings. The van der Waals surface area contributed by atoms with E-state index in [0.29, 0.717) is 32.2 Å². The van der Waals surface area contributed by atoms with Crippen molar-refractivity contribution in [3.63, 3.8) is 0 Å². The summed E-state index contributed by atoms with van der Waals surface area (Å²) >= 11 is 0. The molecule has 3 aliphatic carbocycles. The van der Waals surface area contributed by atoms with Crippen molar-refractivity contribution in [2.75, 3.05) is 6.54 Å². The maximum atomic E-state index is 13.9. The van der Waals surface area contributed by atoms with Gasteiger partial charge in [-0.05, 0) is 56.3 Å². The number of likely N-dealkylation sites (tertiary alicyclic amines) is 1. The molecule has 3 atom stereocenters. The molecule has 0 spiro atoms. The molecule has 1 heterocycles. The minimum atomic E-state index is -1.09. The highest BCUT2D eigenvalue weighted by Gasteiger charge is 2.45. The summed E-state index contributed by atoms with van der Waals surface area (Å²) in [5, 5.41) is 8.68. The fourth-order valence-electron chi connectivity index (χ4n) is 6.34. The van der Waals surface area contributed by atoms with Gasteiger partial charge in [0.15, 0.2) is 0 Å². The monoisotopic (exact) mass is 573 g/mol. The van der Waals surface area contributed by atoms with E-state index in [1.807, 2.05) is 20.8 Å². The zero-order chi connectivity index (χ0) is 29.9. The molecule has 1 saturated heterocycles. The van der Waals surface area contributed by atoms with Crippen molar-refractivity contribution in [3.8, 4) is 0 Å².